The van der Waals surface area contributed by atoms with Gasteiger partial charge in [-0.3, -0.25) is 24.1 Å². The van der Waals surface area contributed by atoms with E-state index in [-0.39, 0.29) is 53.9 Å². The summed E-state index contributed by atoms with van der Waals surface area (Å²) in [5.74, 6) is -2.78. The van der Waals surface area contributed by atoms with E-state index in [9.17, 15) is 50.6 Å². The van der Waals surface area contributed by atoms with Crippen molar-refractivity contribution in [3.8, 4) is 22.7 Å². The Bertz CT molecular complexity index is 2800. The molecule has 0 saturated carbocycles. The molecular weight excluding hydrogens is 951 g/mol. The number of phosphoric ester groups is 1. The van der Waals surface area contributed by atoms with Crippen molar-refractivity contribution in [3.05, 3.63) is 133 Å². The lowest BCUT2D eigenvalue weighted by Gasteiger charge is -2.33. The lowest BCUT2D eigenvalue weighted by molar-refractivity contribution is -0.385. The lowest BCUT2D eigenvalue weighted by atomic mass is 9.97. The number of nitrogens with zero attached hydrogens (tertiary/aromatic N) is 4. The first-order valence-electron chi connectivity index (χ1n) is 21.2. The topological polar surface area (TPSA) is 176 Å². The fourth-order valence-electron chi connectivity index (χ4n) is 7.82. The summed E-state index contributed by atoms with van der Waals surface area (Å²) in [7, 11) is -4.23. The molecule has 1 aliphatic heterocycles. The highest BCUT2D eigenvalue weighted by atomic mass is 31.2. The summed E-state index contributed by atoms with van der Waals surface area (Å²) in [4.78, 5) is 37.9. The van der Waals surface area contributed by atoms with Crippen LogP contribution in [0.25, 0.3) is 16.9 Å². The summed E-state index contributed by atoms with van der Waals surface area (Å²) in [6.07, 6.45) is -10.6. The monoisotopic (exact) mass is 996 g/mol. The Morgan fingerprint density at radius 3 is 2.10 bits per heavy atom. The minimum absolute atomic E-state index is 0.0199. The van der Waals surface area contributed by atoms with Crippen LogP contribution in [0.15, 0.2) is 66.7 Å². The van der Waals surface area contributed by atoms with Gasteiger partial charge in [-0.05, 0) is 87.1 Å². The van der Waals surface area contributed by atoms with Crippen molar-refractivity contribution >= 4 is 31.3 Å². The van der Waals surface area contributed by atoms with Crippen LogP contribution in [-0.4, -0.2) is 44.9 Å². The van der Waals surface area contributed by atoms with Gasteiger partial charge in [-0.15, -0.1) is 0 Å². The number of amides is 3. The first kappa shape index (κ1) is 52.0. The highest BCUT2D eigenvalue weighted by Crippen LogP contribution is 2.52. The van der Waals surface area contributed by atoms with Gasteiger partial charge in [0.1, 0.15) is 18.2 Å². The second-order valence-corrected chi connectivity index (χ2v) is 17.5. The van der Waals surface area contributed by atoms with E-state index < -0.39 is 101 Å². The average Bonchev–Trinajstić information content (AvgIpc) is 3.75. The van der Waals surface area contributed by atoms with Gasteiger partial charge in [0, 0.05) is 36.3 Å². The van der Waals surface area contributed by atoms with Gasteiger partial charge < -0.3 is 14.6 Å². The first-order chi connectivity index (χ1) is 32.3. The smallest absolute Gasteiger partial charge is 0.444 e. The second-order valence-electron chi connectivity index (χ2n) is 15.9. The number of aryl methyl sites for hydroxylation is 2. The van der Waals surface area contributed by atoms with E-state index in [1.165, 1.54) is 29.5 Å². The number of nitro groups is 1. The maximum Gasteiger partial charge on any atom is 0.530 e. The summed E-state index contributed by atoms with van der Waals surface area (Å²) < 4.78 is 150. The van der Waals surface area contributed by atoms with Crippen molar-refractivity contribution in [2.45, 2.75) is 92.0 Å². The van der Waals surface area contributed by atoms with Gasteiger partial charge in [-0.2, -0.15) is 31.4 Å². The predicted octanol–water partition coefficient (Wildman–Crippen LogP) is 12.2. The summed E-state index contributed by atoms with van der Waals surface area (Å²) in [6, 6.07) is 10.1. The van der Waals surface area contributed by atoms with E-state index in [0.717, 1.165) is 35.4 Å². The molecule has 2 heterocycles. The largest absolute Gasteiger partial charge is 0.530 e. The van der Waals surface area contributed by atoms with Gasteiger partial charge in [0.15, 0.2) is 0 Å². The summed E-state index contributed by atoms with van der Waals surface area (Å²) in [5, 5.41) is 20.5. The number of carbonyl (C=O) groups is 2. The fourth-order valence-corrected chi connectivity index (χ4v) is 9.03. The van der Waals surface area contributed by atoms with E-state index in [4.69, 9.17) is 23.4 Å². The maximum atomic E-state index is 16.6. The van der Waals surface area contributed by atoms with Crippen LogP contribution in [0.3, 0.4) is 0 Å². The number of rotatable bonds is 16. The van der Waals surface area contributed by atoms with Crippen LogP contribution in [0.4, 0.5) is 56.1 Å². The number of aromatic nitrogens is 2. The molecule has 0 saturated heterocycles. The number of nitrogens with one attached hydrogen (secondary N) is 2. The number of carbonyl (C=O) groups excluding carboxylic acids is 2. The minimum atomic E-state index is -5.15. The molecule has 0 fully saturated rings. The fraction of sp³-hybridized carbons (Fsp3) is 0.356. The molecule has 0 unspecified atom stereocenters. The molecule has 4 aromatic carbocycles. The van der Waals surface area contributed by atoms with Crippen molar-refractivity contribution < 1.29 is 72.5 Å². The number of imide groups is 1. The van der Waals surface area contributed by atoms with Gasteiger partial charge >= 0.3 is 38.0 Å². The van der Waals surface area contributed by atoms with E-state index in [1.807, 2.05) is 37.4 Å². The Morgan fingerprint density at radius 2 is 1.52 bits per heavy atom. The number of hydrogen-bond acceptors (Lipinski definition) is 11. The minimum Gasteiger partial charge on any atom is -0.444 e. The first-order valence-corrected chi connectivity index (χ1v) is 22.7. The van der Waals surface area contributed by atoms with Crippen molar-refractivity contribution in [1.82, 2.24) is 20.0 Å². The standard InChI is InChI=1S/C45H45F8N6O9P/c1-7-26-12-11-13-27(8-2)38(26)58-39(31-23-57(43(5,6)40(31)56-58)22-28-15-16-29(44(48,49)50)19-32(28)45(51,52)53)30-20-34(47)35(21-33(30)46)54-41(60)55-42(61)65-24-25-14-17-37(36(18-25)59(62)63)68-69(64,66-9-3)67-10-4/h11-21H,7-10,22-24H2,1-6H3,(H2,54,55,60,61). The van der Waals surface area contributed by atoms with Crippen LogP contribution in [0.5, 0.6) is 5.75 Å². The molecule has 0 atom stereocenters. The summed E-state index contributed by atoms with van der Waals surface area (Å²) in [6.45, 7) is 8.47. The molecule has 0 spiro atoms. The molecule has 2 N–H and O–H groups in total. The SMILES string of the molecule is CCOP(=O)(OCC)Oc1ccc(COC(=O)NC(=O)Nc2cc(F)c(-c3c4c(nn3-c3c(CC)cccc3CC)C(C)(C)N(Cc3ccc(C(F)(F)F)cc3C(F)(F)F)C4)cc2F)cc1[N+](=O)[O-]. The Balaban J connectivity index is 1.28. The number of hydrogen-bond donors (Lipinski definition) is 2. The maximum absolute atomic E-state index is 16.6. The molecule has 1 aliphatic rings. The number of anilines is 1. The summed E-state index contributed by atoms with van der Waals surface area (Å²) in [5.41, 5.74) is -3.75. The number of alkyl carbamates (subject to hydrolysis) is 1. The van der Waals surface area contributed by atoms with Crippen LogP contribution < -0.4 is 15.2 Å². The van der Waals surface area contributed by atoms with E-state index in [2.05, 4.69) is 0 Å². The zero-order valence-electron chi connectivity index (χ0n) is 37.7. The highest BCUT2D eigenvalue weighted by Gasteiger charge is 2.45. The molecule has 370 valence electrons. The normalized spacial score (nSPS) is 13.8. The third kappa shape index (κ3) is 11.2. The third-order valence-electron chi connectivity index (χ3n) is 11.1. The molecule has 24 heteroatoms. The number of fused-ring (bicyclic) bond motifs is 1. The molecular formula is C45H45F8N6O9P. The molecule has 0 radical (unpaired) electrons. The number of nitro benzene ring substituents is 1. The van der Waals surface area contributed by atoms with Crippen molar-refractivity contribution in [3.63, 3.8) is 0 Å². The molecule has 3 amide bonds. The average molecular weight is 997 g/mol. The van der Waals surface area contributed by atoms with Gasteiger partial charge in [0.25, 0.3) is 0 Å². The number of ether oxygens (including phenoxy) is 1. The highest BCUT2D eigenvalue weighted by molar-refractivity contribution is 7.48. The molecule has 5 aromatic rings. The van der Waals surface area contributed by atoms with Gasteiger partial charge in [0.05, 0.1) is 57.6 Å². The number of para-hydroxylation sites is 1. The van der Waals surface area contributed by atoms with Crippen LogP contribution in [0, 0.1) is 21.7 Å². The van der Waals surface area contributed by atoms with E-state index >= 15 is 8.78 Å². The molecule has 0 aliphatic carbocycles. The molecule has 69 heavy (non-hydrogen) atoms. The number of alkyl halides is 6. The van der Waals surface area contributed by atoms with Gasteiger partial charge in [-0.1, -0.05) is 44.2 Å². The van der Waals surface area contributed by atoms with Crippen molar-refractivity contribution in [2.75, 3.05) is 18.5 Å². The molecule has 0 bridgehead atoms. The van der Waals surface area contributed by atoms with E-state index in [1.54, 1.807) is 19.2 Å². The zero-order chi connectivity index (χ0) is 50.8. The van der Waals surface area contributed by atoms with Crippen molar-refractivity contribution in [2.24, 2.45) is 0 Å². The number of benzene rings is 4. The van der Waals surface area contributed by atoms with E-state index in [0.29, 0.717) is 30.7 Å². The molecule has 6 rings (SSSR count). The zero-order valence-corrected chi connectivity index (χ0v) is 38.6. The Hall–Kier alpha value is -6.42. The van der Waals surface area contributed by atoms with Crippen LogP contribution in [0.1, 0.15) is 86.2 Å². The van der Waals surface area contributed by atoms with Gasteiger partial charge in [-0.25, -0.2) is 32.9 Å². The molecule has 15 nitrogen and oxygen atoms in total. The number of urea groups is 1. The number of halogens is 8. The van der Waals surface area contributed by atoms with Crippen LogP contribution >= 0.6 is 7.82 Å². The quantitative estimate of drug-likeness (QED) is 0.0416. The van der Waals surface area contributed by atoms with Crippen molar-refractivity contribution in [1.29, 1.82) is 0 Å². The third-order valence-corrected chi connectivity index (χ3v) is 12.7. The number of phosphoric acid groups is 1. The van der Waals surface area contributed by atoms with Crippen LogP contribution in [0.2, 0.25) is 0 Å². The predicted molar refractivity (Wildman–Crippen MR) is 233 cm³/mol. The lowest BCUT2D eigenvalue weighted by Crippen LogP contribution is -2.36. The second kappa shape index (κ2) is 20.3. The molecule has 1 aromatic heterocycles. The van der Waals surface area contributed by atoms with Crippen LogP contribution in [-0.2, 0) is 68.8 Å². The Labute approximate surface area is 389 Å². The Morgan fingerprint density at radius 1 is 0.870 bits per heavy atom. The Kier molecular flexibility index (Phi) is 15.3. The summed E-state index contributed by atoms with van der Waals surface area (Å²) >= 11 is 0. The van der Waals surface area contributed by atoms with Gasteiger partial charge in [0.2, 0.25) is 5.75 Å².